The molecule has 0 radical (unpaired) electrons. The van der Waals surface area contributed by atoms with Gasteiger partial charge in [-0.1, -0.05) is 19.3 Å². The van der Waals surface area contributed by atoms with Crippen LogP contribution >= 0.6 is 0 Å². The highest BCUT2D eigenvalue weighted by molar-refractivity contribution is 4.72. The molecule has 76 valence electrons. The molecule has 2 fully saturated rings. The zero-order chi connectivity index (χ0) is 8.93. The van der Waals surface area contributed by atoms with Gasteiger partial charge in [-0.3, -0.25) is 0 Å². The van der Waals surface area contributed by atoms with Crippen LogP contribution in [0.3, 0.4) is 0 Å². The Hall–Kier alpha value is -0.0800. The third kappa shape index (κ3) is 2.96. The van der Waals surface area contributed by atoms with Crippen molar-refractivity contribution < 1.29 is 4.74 Å². The molecule has 1 unspecified atom stereocenters. The first-order valence-corrected chi connectivity index (χ1v) is 5.77. The second-order valence-electron chi connectivity index (χ2n) is 4.45. The third-order valence-corrected chi connectivity index (χ3v) is 3.28. The highest BCUT2D eigenvalue weighted by atomic mass is 16.5. The molecule has 1 saturated carbocycles. The van der Waals surface area contributed by atoms with Crippen LogP contribution in [-0.4, -0.2) is 25.8 Å². The fraction of sp³-hybridized carbons (Fsp3) is 1.00. The molecule has 0 spiro atoms. The van der Waals surface area contributed by atoms with Gasteiger partial charge in [-0.2, -0.15) is 0 Å². The topological polar surface area (TPSA) is 21.3 Å². The molecule has 1 saturated heterocycles. The molecule has 1 aliphatic carbocycles. The van der Waals surface area contributed by atoms with Gasteiger partial charge in [0.05, 0.1) is 12.7 Å². The van der Waals surface area contributed by atoms with E-state index in [1.807, 2.05) is 0 Å². The summed E-state index contributed by atoms with van der Waals surface area (Å²) in [7, 11) is 0. The summed E-state index contributed by atoms with van der Waals surface area (Å²) in [6.07, 6.45) is 8.70. The monoisotopic (exact) mass is 183 g/mol. The average molecular weight is 183 g/mol. The van der Waals surface area contributed by atoms with E-state index in [-0.39, 0.29) is 0 Å². The summed E-state index contributed by atoms with van der Waals surface area (Å²) < 4.78 is 5.93. The summed E-state index contributed by atoms with van der Waals surface area (Å²) in [5.74, 6) is 0.793. The predicted octanol–water partition coefficient (Wildman–Crippen LogP) is 1.95. The van der Waals surface area contributed by atoms with E-state index in [0.717, 1.165) is 12.5 Å². The Morgan fingerprint density at radius 1 is 1.08 bits per heavy atom. The minimum absolute atomic E-state index is 0.592. The van der Waals surface area contributed by atoms with Gasteiger partial charge in [0.1, 0.15) is 0 Å². The van der Waals surface area contributed by atoms with Crippen molar-refractivity contribution in [3.8, 4) is 0 Å². The Labute approximate surface area is 81.0 Å². The zero-order valence-electron chi connectivity index (χ0n) is 8.43. The molecule has 0 aromatic carbocycles. The van der Waals surface area contributed by atoms with Gasteiger partial charge in [-0.05, 0) is 31.7 Å². The van der Waals surface area contributed by atoms with Gasteiger partial charge in [0.15, 0.2) is 0 Å². The lowest BCUT2D eigenvalue weighted by Crippen LogP contribution is -2.22. The second-order valence-corrected chi connectivity index (χ2v) is 4.45. The molecule has 2 aliphatic rings. The summed E-state index contributed by atoms with van der Waals surface area (Å²) >= 11 is 0. The fourth-order valence-corrected chi connectivity index (χ4v) is 2.36. The summed E-state index contributed by atoms with van der Waals surface area (Å²) in [6, 6.07) is 0. The molecule has 2 heteroatoms. The molecule has 1 N–H and O–H groups in total. The van der Waals surface area contributed by atoms with Crippen LogP contribution in [0.15, 0.2) is 0 Å². The Balaban J connectivity index is 1.60. The predicted molar refractivity (Wildman–Crippen MR) is 53.8 cm³/mol. The second kappa shape index (κ2) is 4.97. The van der Waals surface area contributed by atoms with Crippen LogP contribution in [0.4, 0.5) is 0 Å². The van der Waals surface area contributed by atoms with Crippen LogP contribution < -0.4 is 5.32 Å². The summed E-state index contributed by atoms with van der Waals surface area (Å²) in [6.45, 7) is 3.36. The largest absolute Gasteiger partial charge is 0.378 e. The van der Waals surface area contributed by atoms with Crippen LogP contribution in [0.5, 0.6) is 0 Å². The number of hydrogen-bond acceptors (Lipinski definition) is 2. The molecule has 0 aromatic rings. The smallest absolute Gasteiger partial charge is 0.0575 e. The standard InChI is InChI=1S/C11H21NO/c1-2-4-11(5-3-1)13-9-10-6-7-12-8-10/h10-12H,1-9H2. The third-order valence-electron chi connectivity index (χ3n) is 3.28. The van der Waals surface area contributed by atoms with Crippen molar-refractivity contribution in [2.45, 2.75) is 44.6 Å². The Morgan fingerprint density at radius 3 is 2.62 bits per heavy atom. The van der Waals surface area contributed by atoms with Crippen molar-refractivity contribution >= 4 is 0 Å². The summed E-state index contributed by atoms with van der Waals surface area (Å²) in [5, 5.41) is 3.38. The molecule has 0 aromatic heterocycles. The highest BCUT2D eigenvalue weighted by Crippen LogP contribution is 2.21. The minimum atomic E-state index is 0.592. The Morgan fingerprint density at radius 2 is 1.92 bits per heavy atom. The number of nitrogens with one attached hydrogen (secondary N) is 1. The highest BCUT2D eigenvalue weighted by Gasteiger charge is 2.18. The van der Waals surface area contributed by atoms with Crippen molar-refractivity contribution in [1.29, 1.82) is 0 Å². The Kier molecular flexibility index (Phi) is 3.62. The lowest BCUT2D eigenvalue weighted by atomic mass is 9.97. The molecule has 1 aliphatic heterocycles. The van der Waals surface area contributed by atoms with Gasteiger partial charge in [0.2, 0.25) is 0 Å². The SMILES string of the molecule is C1CCC(OCC2CCNC2)CC1. The van der Waals surface area contributed by atoms with Crippen molar-refractivity contribution in [2.75, 3.05) is 19.7 Å². The molecule has 13 heavy (non-hydrogen) atoms. The summed E-state index contributed by atoms with van der Waals surface area (Å²) in [4.78, 5) is 0. The molecule has 1 heterocycles. The van der Waals surface area contributed by atoms with Crippen molar-refractivity contribution in [3.63, 3.8) is 0 Å². The quantitative estimate of drug-likeness (QED) is 0.722. The van der Waals surface area contributed by atoms with E-state index in [2.05, 4.69) is 5.32 Å². The van der Waals surface area contributed by atoms with Crippen LogP contribution in [-0.2, 0) is 4.74 Å². The lowest BCUT2D eigenvalue weighted by molar-refractivity contribution is 0.0111. The van der Waals surface area contributed by atoms with E-state index in [1.165, 1.54) is 51.6 Å². The maximum atomic E-state index is 5.93. The molecule has 2 rings (SSSR count). The molecule has 0 bridgehead atoms. The van der Waals surface area contributed by atoms with Gasteiger partial charge >= 0.3 is 0 Å². The molecular formula is C11H21NO. The van der Waals surface area contributed by atoms with Gasteiger partial charge in [0, 0.05) is 6.54 Å². The lowest BCUT2D eigenvalue weighted by Gasteiger charge is -2.23. The van der Waals surface area contributed by atoms with E-state index in [0.29, 0.717) is 6.10 Å². The van der Waals surface area contributed by atoms with E-state index in [9.17, 15) is 0 Å². The molecular weight excluding hydrogens is 162 g/mol. The van der Waals surface area contributed by atoms with E-state index >= 15 is 0 Å². The van der Waals surface area contributed by atoms with Crippen LogP contribution in [0.2, 0.25) is 0 Å². The first kappa shape index (κ1) is 9.47. The van der Waals surface area contributed by atoms with Gasteiger partial charge in [0.25, 0.3) is 0 Å². The maximum absolute atomic E-state index is 5.93. The Bertz CT molecular complexity index is 137. The van der Waals surface area contributed by atoms with Crippen LogP contribution in [0.1, 0.15) is 38.5 Å². The first-order valence-electron chi connectivity index (χ1n) is 5.77. The van der Waals surface area contributed by atoms with Crippen molar-refractivity contribution in [1.82, 2.24) is 5.32 Å². The van der Waals surface area contributed by atoms with Crippen molar-refractivity contribution in [2.24, 2.45) is 5.92 Å². The summed E-state index contributed by atoms with van der Waals surface area (Å²) in [5.41, 5.74) is 0. The van der Waals surface area contributed by atoms with Gasteiger partial charge in [-0.15, -0.1) is 0 Å². The first-order chi connectivity index (χ1) is 6.45. The maximum Gasteiger partial charge on any atom is 0.0575 e. The molecule has 1 atom stereocenters. The average Bonchev–Trinajstić information content (AvgIpc) is 2.69. The molecule has 2 nitrogen and oxygen atoms in total. The molecule has 0 amide bonds. The fourth-order valence-electron chi connectivity index (χ4n) is 2.36. The van der Waals surface area contributed by atoms with Crippen LogP contribution in [0.25, 0.3) is 0 Å². The van der Waals surface area contributed by atoms with Crippen molar-refractivity contribution in [3.05, 3.63) is 0 Å². The van der Waals surface area contributed by atoms with Gasteiger partial charge in [-0.25, -0.2) is 0 Å². The number of hydrogen-bond donors (Lipinski definition) is 1. The minimum Gasteiger partial charge on any atom is -0.378 e. The van der Waals surface area contributed by atoms with E-state index in [1.54, 1.807) is 0 Å². The zero-order valence-corrected chi connectivity index (χ0v) is 8.43. The van der Waals surface area contributed by atoms with Gasteiger partial charge < -0.3 is 10.1 Å². The van der Waals surface area contributed by atoms with Crippen LogP contribution in [0, 0.1) is 5.92 Å². The number of rotatable bonds is 3. The normalized spacial score (nSPS) is 30.9. The van der Waals surface area contributed by atoms with E-state index in [4.69, 9.17) is 4.74 Å². The number of ether oxygens (including phenoxy) is 1. The van der Waals surface area contributed by atoms with E-state index < -0.39 is 0 Å².